The van der Waals surface area contributed by atoms with E-state index in [-0.39, 0.29) is 17.9 Å². The van der Waals surface area contributed by atoms with Gasteiger partial charge in [-0.15, -0.1) is 0 Å². The van der Waals surface area contributed by atoms with E-state index in [9.17, 15) is 14.7 Å². The van der Waals surface area contributed by atoms with Gasteiger partial charge in [0.25, 0.3) is 5.91 Å². The number of likely N-dealkylation sites (tertiary alicyclic amines) is 1. The lowest BCUT2D eigenvalue weighted by Gasteiger charge is -2.33. The molecule has 0 spiro atoms. The molecule has 3 N–H and O–H groups in total. The maximum Gasteiger partial charge on any atom is 0.335 e. The van der Waals surface area contributed by atoms with Crippen LogP contribution in [0.4, 0.5) is 0 Å². The number of amides is 1. The van der Waals surface area contributed by atoms with Crippen LogP contribution in [-0.4, -0.2) is 46.1 Å². The number of carboxylic acids is 1. The van der Waals surface area contributed by atoms with Gasteiger partial charge in [-0.3, -0.25) is 9.69 Å². The quantitative estimate of drug-likeness (QED) is 0.623. The Morgan fingerprint density at radius 3 is 2.19 bits per heavy atom. The monoisotopic (exact) mass is 434 g/mol. The number of rotatable bonds is 7. The Hall–Kier alpha value is -2.70. The summed E-state index contributed by atoms with van der Waals surface area (Å²) in [6.45, 7) is 2.59. The van der Waals surface area contributed by atoms with Gasteiger partial charge in [-0.25, -0.2) is 4.79 Å². The highest BCUT2D eigenvalue weighted by Gasteiger charge is 2.58. The summed E-state index contributed by atoms with van der Waals surface area (Å²) in [5, 5.41) is 23.9. The molecule has 0 bridgehead atoms. The van der Waals surface area contributed by atoms with Crippen molar-refractivity contribution in [3.8, 4) is 0 Å². The zero-order valence-corrected chi connectivity index (χ0v) is 18.1. The maximum absolute atomic E-state index is 13.4. The smallest absolute Gasteiger partial charge is 0.335 e. The fourth-order valence-corrected chi connectivity index (χ4v) is 5.82. The molecule has 3 atom stereocenters. The van der Waals surface area contributed by atoms with Crippen LogP contribution in [0, 0.1) is 17.8 Å². The van der Waals surface area contributed by atoms with Crippen molar-refractivity contribution in [2.45, 2.75) is 43.9 Å². The zero-order valence-electron chi connectivity index (χ0n) is 18.1. The summed E-state index contributed by atoms with van der Waals surface area (Å²) in [7, 11) is 0. The molecule has 1 saturated heterocycles. The fourth-order valence-electron chi connectivity index (χ4n) is 5.82. The first-order chi connectivity index (χ1) is 15.5. The molecule has 0 aromatic heterocycles. The highest BCUT2D eigenvalue weighted by molar-refractivity contribution is 5.88. The number of hydrogen-bond donors (Lipinski definition) is 3. The van der Waals surface area contributed by atoms with E-state index in [0.717, 1.165) is 50.9 Å². The highest BCUT2D eigenvalue weighted by atomic mass is 16.4. The molecule has 2 aliphatic carbocycles. The number of fused-ring (bicyclic) bond motifs is 1. The van der Waals surface area contributed by atoms with E-state index in [1.165, 1.54) is 0 Å². The van der Waals surface area contributed by atoms with Crippen LogP contribution >= 0.6 is 0 Å². The summed E-state index contributed by atoms with van der Waals surface area (Å²) in [6, 6.07) is 16.6. The summed E-state index contributed by atoms with van der Waals surface area (Å²) >= 11 is 0. The molecule has 5 rings (SSSR count). The predicted molar refractivity (Wildman–Crippen MR) is 120 cm³/mol. The molecule has 0 radical (unpaired) electrons. The molecule has 6 nitrogen and oxygen atoms in total. The molecule has 2 saturated carbocycles. The van der Waals surface area contributed by atoms with Gasteiger partial charge in [0.2, 0.25) is 0 Å². The van der Waals surface area contributed by atoms with Gasteiger partial charge in [0, 0.05) is 31.6 Å². The second kappa shape index (κ2) is 8.34. The molecule has 168 valence electrons. The van der Waals surface area contributed by atoms with Gasteiger partial charge in [-0.05, 0) is 47.9 Å². The van der Waals surface area contributed by atoms with Gasteiger partial charge in [-0.1, -0.05) is 55.3 Å². The number of carbonyl (C=O) groups excluding carboxylic acids is 1. The average molecular weight is 435 g/mol. The van der Waals surface area contributed by atoms with Crippen molar-refractivity contribution >= 4 is 11.9 Å². The first kappa shape index (κ1) is 21.2. The minimum atomic E-state index is -1.46. The van der Waals surface area contributed by atoms with Gasteiger partial charge in [0.05, 0.1) is 5.56 Å². The van der Waals surface area contributed by atoms with E-state index in [0.29, 0.717) is 23.0 Å². The van der Waals surface area contributed by atoms with Crippen LogP contribution in [0.2, 0.25) is 0 Å². The minimum absolute atomic E-state index is 0.0336. The van der Waals surface area contributed by atoms with Crippen LogP contribution in [0.15, 0.2) is 54.6 Å². The number of benzene rings is 2. The lowest BCUT2D eigenvalue weighted by Crippen LogP contribution is -2.50. The standard InChI is InChI=1S/C26H30N2O4/c29-24(30)18-12-10-17(11-13-18)14-28-15-21-22(16-28)23(21)27-25(31)26(32,20-8-4-5-9-20)19-6-2-1-3-7-19/h1-3,6-7,10-13,20-23,32H,4-5,8-9,14-16H2,(H,27,31)(H,29,30). The average Bonchev–Trinajstić information content (AvgIpc) is 3.22. The molecule has 2 aromatic rings. The molecule has 6 heteroatoms. The topological polar surface area (TPSA) is 89.9 Å². The van der Waals surface area contributed by atoms with E-state index >= 15 is 0 Å². The summed E-state index contributed by atoms with van der Waals surface area (Å²) in [5.74, 6) is -0.355. The third-order valence-electron chi connectivity index (χ3n) is 7.68. The molecule has 32 heavy (non-hydrogen) atoms. The number of hydrogen-bond acceptors (Lipinski definition) is 4. The normalized spacial score (nSPS) is 27.0. The number of carbonyl (C=O) groups is 2. The second-order valence-corrected chi connectivity index (χ2v) is 9.64. The third kappa shape index (κ3) is 3.82. The third-order valence-corrected chi connectivity index (χ3v) is 7.68. The van der Waals surface area contributed by atoms with E-state index in [4.69, 9.17) is 5.11 Å². The molecular formula is C26H30N2O4. The SMILES string of the molecule is O=C(O)c1ccc(CN2CC3C(C2)C3NC(=O)C(O)(c2ccccc2)C2CCCC2)cc1. The minimum Gasteiger partial charge on any atom is -0.478 e. The molecule has 3 fully saturated rings. The van der Waals surface area contributed by atoms with Crippen molar-refractivity contribution in [2.24, 2.45) is 17.8 Å². The number of aromatic carboxylic acids is 1. The largest absolute Gasteiger partial charge is 0.478 e. The molecule has 1 aliphatic heterocycles. The van der Waals surface area contributed by atoms with Crippen LogP contribution in [0.1, 0.15) is 47.2 Å². The Bertz CT molecular complexity index is 975. The Kier molecular flexibility index (Phi) is 5.51. The lowest BCUT2D eigenvalue weighted by molar-refractivity contribution is -0.147. The van der Waals surface area contributed by atoms with Gasteiger partial charge < -0.3 is 15.5 Å². The summed E-state index contributed by atoms with van der Waals surface area (Å²) in [6.07, 6.45) is 3.88. The summed E-state index contributed by atoms with van der Waals surface area (Å²) < 4.78 is 0. The predicted octanol–water partition coefficient (Wildman–Crippen LogP) is 3.01. The van der Waals surface area contributed by atoms with Gasteiger partial charge >= 0.3 is 5.97 Å². The lowest BCUT2D eigenvalue weighted by atomic mass is 9.79. The van der Waals surface area contributed by atoms with Crippen molar-refractivity contribution < 1.29 is 19.8 Å². The number of nitrogens with zero attached hydrogens (tertiary/aromatic N) is 1. The molecular weight excluding hydrogens is 404 g/mol. The Morgan fingerprint density at radius 2 is 1.59 bits per heavy atom. The van der Waals surface area contributed by atoms with Crippen LogP contribution in [-0.2, 0) is 16.9 Å². The van der Waals surface area contributed by atoms with Crippen LogP contribution in [0.3, 0.4) is 0 Å². The number of aliphatic hydroxyl groups is 1. The van der Waals surface area contributed by atoms with E-state index in [1.807, 2.05) is 42.5 Å². The van der Waals surface area contributed by atoms with Crippen molar-refractivity contribution in [2.75, 3.05) is 13.1 Å². The van der Waals surface area contributed by atoms with Gasteiger partial charge in [-0.2, -0.15) is 0 Å². The molecule has 3 aliphatic rings. The van der Waals surface area contributed by atoms with Gasteiger partial charge in [0.15, 0.2) is 5.60 Å². The molecule has 1 heterocycles. The Morgan fingerprint density at radius 1 is 0.969 bits per heavy atom. The molecule has 1 amide bonds. The van der Waals surface area contributed by atoms with Crippen molar-refractivity contribution in [1.29, 1.82) is 0 Å². The number of carboxylic acid groups (broad SMARTS) is 1. The van der Waals surface area contributed by atoms with Gasteiger partial charge in [0.1, 0.15) is 0 Å². The van der Waals surface area contributed by atoms with Crippen molar-refractivity contribution in [1.82, 2.24) is 10.2 Å². The van der Waals surface area contributed by atoms with Crippen LogP contribution in [0.5, 0.6) is 0 Å². The first-order valence-electron chi connectivity index (χ1n) is 11.6. The second-order valence-electron chi connectivity index (χ2n) is 9.64. The summed E-state index contributed by atoms with van der Waals surface area (Å²) in [4.78, 5) is 26.7. The number of piperidine rings is 1. The zero-order chi connectivity index (χ0) is 22.3. The van der Waals surface area contributed by atoms with E-state index < -0.39 is 11.6 Å². The molecule has 2 aromatic carbocycles. The van der Waals surface area contributed by atoms with E-state index in [1.54, 1.807) is 12.1 Å². The Labute approximate surface area is 188 Å². The van der Waals surface area contributed by atoms with Crippen LogP contribution in [0.25, 0.3) is 0 Å². The Balaban J connectivity index is 1.20. The van der Waals surface area contributed by atoms with Crippen LogP contribution < -0.4 is 5.32 Å². The first-order valence-corrected chi connectivity index (χ1v) is 11.6. The number of nitrogens with one attached hydrogen (secondary N) is 1. The highest BCUT2D eigenvalue weighted by Crippen LogP contribution is 2.47. The fraction of sp³-hybridized carbons (Fsp3) is 0.462. The summed E-state index contributed by atoms with van der Waals surface area (Å²) in [5.41, 5.74) is 0.632. The maximum atomic E-state index is 13.4. The van der Waals surface area contributed by atoms with Crippen molar-refractivity contribution in [3.63, 3.8) is 0 Å². The molecule has 3 unspecified atom stereocenters. The van der Waals surface area contributed by atoms with E-state index in [2.05, 4.69) is 10.2 Å². The van der Waals surface area contributed by atoms with Crippen molar-refractivity contribution in [3.05, 3.63) is 71.3 Å².